The van der Waals surface area contributed by atoms with Crippen LogP contribution in [0.5, 0.6) is 5.75 Å². The van der Waals surface area contributed by atoms with Gasteiger partial charge in [-0.3, -0.25) is 0 Å². The van der Waals surface area contributed by atoms with E-state index in [1.165, 1.54) is 6.07 Å². The van der Waals surface area contributed by atoms with Gasteiger partial charge in [0.15, 0.2) is 5.82 Å². The first-order chi connectivity index (χ1) is 14.3. The van der Waals surface area contributed by atoms with E-state index in [1.54, 1.807) is 31.6 Å². The van der Waals surface area contributed by atoms with Crippen LogP contribution in [0.25, 0.3) is 10.9 Å². The van der Waals surface area contributed by atoms with E-state index in [9.17, 15) is 4.39 Å². The number of halogens is 1. The summed E-state index contributed by atoms with van der Waals surface area (Å²) in [7, 11) is 1.59. The average Bonchev–Trinajstić information content (AvgIpc) is 2.73. The molecule has 3 heterocycles. The summed E-state index contributed by atoms with van der Waals surface area (Å²) in [5, 5.41) is 4.13. The first-order valence-electron chi connectivity index (χ1n) is 9.69. The normalized spacial score (nSPS) is 23.6. The number of nitrogens with one attached hydrogen (secondary N) is 1. The number of hydrogen-bond donors (Lipinski definition) is 2. The number of rotatable bonds is 4. The lowest BCUT2D eigenvalue weighted by Gasteiger charge is -2.40. The van der Waals surface area contributed by atoms with Crippen molar-refractivity contribution >= 4 is 28.4 Å². The molecule has 156 valence electrons. The highest BCUT2D eigenvalue weighted by Crippen LogP contribution is 2.41. The minimum absolute atomic E-state index is 0.0646. The third-order valence-electron chi connectivity index (χ3n) is 5.82. The van der Waals surface area contributed by atoms with Crippen LogP contribution in [0.15, 0.2) is 47.7 Å². The van der Waals surface area contributed by atoms with E-state index < -0.39 is 5.54 Å². The molecule has 0 saturated heterocycles. The quantitative estimate of drug-likeness (QED) is 0.674. The Kier molecular flexibility index (Phi) is 4.93. The maximum absolute atomic E-state index is 14.9. The molecule has 1 aliphatic heterocycles. The maximum Gasteiger partial charge on any atom is 0.283 e. The zero-order chi connectivity index (χ0) is 21.5. The molecular weight excluding hydrogens is 385 g/mol. The summed E-state index contributed by atoms with van der Waals surface area (Å²) in [6.45, 7) is 5.75. The summed E-state index contributed by atoms with van der Waals surface area (Å²) in [4.78, 5) is 13.3. The Balaban J connectivity index is 1.75. The van der Waals surface area contributed by atoms with Gasteiger partial charge in [-0.25, -0.2) is 19.4 Å². The lowest BCUT2D eigenvalue weighted by atomic mass is 9.77. The van der Waals surface area contributed by atoms with Crippen molar-refractivity contribution in [3.8, 4) is 5.75 Å². The summed E-state index contributed by atoms with van der Waals surface area (Å²) in [6, 6.07) is 8.63. The molecule has 0 aliphatic carbocycles. The van der Waals surface area contributed by atoms with Gasteiger partial charge in [-0.1, -0.05) is 6.92 Å². The van der Waals surface area contributed by atoms with Crippen molar-refractivity contribution in [3.63, 3.8) is 0 Å². The van der Waals surface area contributed by atoms with Gasteiger partial charge in [-0.2, -0.15) is 0 Å². The zero-order valence-electron chi connectivity index (χ0n) is 17.3. The highest BCUT2D eigenvalue weighted by molar-refractivity contribution is 5.90. The number of methoxy groups -OCH3 is 1. The van der Waals surface area contributed by atoms with Crippen molar-refractivity contribution in [3.05, 3.63) is 54.1 Å². The van der Waals surface area contributed by atoms with E-state index in [2.05, 4.69) is 20.3 Å². The molecular formula is C22H24FN5O2. The molecule has 4 rings (SSSR count). The molecule has 0 bridgehead atoms. The number of pyridine rings is 2. The number of anilines is 2. The molecule has 3 atom stereocenters. The van der Waals surface area contributed by atoms with Gasteiger partial charge in [0.05, 0.1) is 18.8 Å². The van der Waals surface area contributed by atoms with Crippen molar-refractivity contribution in [1.82, 2.24) is 9.97 Å². The predicted octanol–water partition coefficient (Wildman–Crippen LogP) is 4.11. The van der Waals surface area contributed by atoms with Gasteiger partial charge < -0.3 is 20.5 Å². The topological polar surface area (TPSA) is 94.7 Å². The van der Waals surface area contributed by atoms with Crippen LogP contribution in [-0.4, -0.2) is 29.2 Å². The monoisotopic (exact) mass is 409 g/mol. The molecule has 0 spiro atoms. The molecule has 2 aromatic heterocycles. The molecule has 7 nitrogen and oxygen atoms in total. The molecule has 1 aromatic carbocycles. The van der Waals surface area contributed by atoms with E-state index in [0.717, 1.165) is 5.39 Å². The Morgan fingerprint density at radius 3 is 2.77 bits per heavy atom. The van der Waals surface area contributed by atoms with Crippen molar-refractivity contribution in [2.75, 3.05) is 12.4 Å². The summed E-state index contributed by atoms with van der Waals surface area (Å²) >= 11 is 0. The molecule has 1 unspecified atom stereocenters. The molecule has 0 amide bonds. The van der Waals surface area contributed by atoms with Gasteiger partial charge >= 0.3 is 0 Å². The Bertz CT molecular complexity index is 1140. The van der Waals surface area contributed by atoms with Crippen LogP contribution in [-0.2, 0) is 10.3 Å². The lowest BCUT2D eigenvalue weighted by molar-refractivity contribution is 0.0704. The molecule has 0 radical (unpaired) electrons. The van der Waals surface area contributed by atoms with E-state index in [-0.39, 0.29) is 23.9 Å². The first-order valence-corrected chi connectivity index (χ1v) is 9.69. The van der Waals surface area contributed by atoms with Crippen molar-refractivity contribution in [2.45, 2.75) is 32.4 Å². The van der Waals surface area contributed by atoms with Gasteiger partial charge in [-0.05, 0) is 44.2 Å². The third-order valence-corrected chi connectivity index (χ3v) is 5.82. The van der Waals surface area contributed by atoms with Gasteiger partial charge in [0.1, 0.15) is 23.2 Å². The second-order valence-corrected chi connectivity index (χ2v) is 7.64. The van der Waals surface area contributed by atoms with Crippen LogP contribution in [0, 0.1) is 11.7 Å². The molecule has 30 heavy (non-hydrogen) atoms. The van der Waals surface area contributed by atoms with Crippen LogP contribution in [0.1, 0.15) is 26.3 Å². The summed E-state index contributed by atoms with van der Waals surface area (Å²) in [5.74, 6) is 0.789. The molecule has 1 aliphatic rings. The smallest absolute Gasteiger partial charge is 0.283 e. The van der Waals surface area contributed by atoms with Gasteiger partial charge in [0, 0.05) is 28.8 Å². The van der Waals surface area contributed by atoms with E-state index in [1.807, 2.05) is 32.9 Å². The summed E-state index contributed by atoms with van der Waals surface area (Å²) < 4.78 is 25.6. The molecule has 3 N–H and O–H groups in total. The van der Waals surface area contributed by atoms with E-state index in [4.69, 9.17) is 15.2 Å². The highest BCUT2D eigenvalue weighted by Gasteiger charge is 2.42. The predicted molar refractivity (Wildman–Crippen MR) is 114 cm³/mol. The number of benzene rings is 1. The first kappa shape index (κ1) is 19.9. The van der Waals surface area contributed by atoms with E-state index in [0.29, 0.717) is 28.3 Å². The fourth-order valence-corrected chi connectivity index (χ4v) is 3.78. The number of aliphatic imine (C=N–C) groups is 1. The fourth-order valence-electron chi connectivity index (χ4n) is 3.78. The van der Waals surface area contributed by atoms with Crippen LogP contribution in [0.4, 0.5) is 15.9 Å². The van der Waals surface area contributed by atoms with Crippen molar-refractivity contribution in [2.24, 2.45) is 16.6 Å². The lowest BCUT2D eigenvalue weighted by Crippen LogP contribution is -2.45. The molecule has 3 aromatic rings. The number of aromatic nitrogens is 2. The Hall–Kier alpha value is -3.42. The second-order valence-electron chi connectivity index (χ2n) is 7.64. The highest BCUT2D eigenvalue weighted by atomic mass is 19.1. The summed E-state index contributed by atoms with van der Waals surface area (Å²) in [5.41, 5.74) is 6.79. The van der Waals surface area contributed by atoms with Crippen LogP contribution in [0.3, 0.4) is 0 Å². The molecule has 0 fully saturated rings. The number of nitrogens with two attached hydrogens (primary N) is 1. The average molecular weight is 409 g/mol. The van der Waals surface area contributed by atoms with Gasteiger partial charge in [0.2, 0.25) is 0 Å². The summed E-state index contributed by atoms with van der Waals surface area (Å²) in [6.07, 6.45) is 3.13. The van der Waals surface area contributed by atoms with Crippen LogP contribution >= 0.6 is 0 Å². The minimum atomic E-state index is -0.860. The van der Waals surface area contributed by atoms with Crippen molar-refractivity contribution < 1.29 is 13.9 Å². The second kappa shape index (κ2) is 7.44. The third kappa shape index (κ3) is 3.38. The zero-order valence-corrected chi connectivity index (χ0v) is 17.3. The van der Waals surface area contributed by atoms with Crippen LogP contribution in [0.2, 0.25) is 0 Å². The minimum Gasteiger partial charge on any atom is -0.495 e. The molecule has 0 saturated carbocycles. The van der Waals surface area contributed by atoms with Gasteiger partial charge in [0.25, 0.3) is 6.02 Å². The number of hydrogen-bond acceptors (Lipinski definition) is 7. The largest absolute Gasteiger partial charge is 0.495 e. The Labute approximate surface area is 174 Å². The Morgan fingerprint density at radius 2 is 2.00 bits per heavy atom. The van der Waals surface area contributed by atoms with Crippen LogP contribution < -0.4 is 15.8 Å². The molecule has 8 heteroatoms. The van der Waals surface area contributed by atoms with Gasteiger partial charge in [-0.15, -0.1) is 0 Å². The number of amidine groups is 1. The standard InChI is InChI=1S/C22H24FN5O2/c1-12-13(2)30-21(24)28-22(12,3)17-10-15(5-6-18(17)23)27-20-19-14(7-8-25-20)9-16(29-4)11-26-19/h5-13H,1-4H3,(H2,24,28)(H,25,27)/t12-,13?,22+/m1/s1. The maximum atomic E-state index is 14.9. The van der Waals surface area contributed by atoms with Crippen molar-refractivity contribution in [1.29, 1.82) is 0 Å². The number of fused-ring (bicyclic) bond motifs is 1. The van der Waals surface area contributed by atoms with E-state index >= 15 is 0 Å². The number of ether oxygens (including phenoxy) is 2. The SMILES string of the molecule is COc1cnc2c(Nc3ccc(F)c([C@@]4(C)N=C(N)OC(C)[C@H]4C)c3)nccc2c1. The fraction of sp³-hybridized carbons (Fsp3) is 0.318. The number of nitrogens with zero attached hydrogens (tertiary/aromatic N) is 3. The Morgan fingerprint density at radius 1 is 1.20 bits per heavy atom.